The Morgan fingerprint density at radius 1 is 0.380 bits per heavy atom. The van der Waals surface area contributed by atoms with Gasteiger partial charge in [-0.05, 0) is 175 Å². The first-order valence-corrected chi connectivity index (χ1v) is 30.3. The Labute approximate surface area is 534 Å². The Morgan fingerprint density at radius 3 is 0.946 bits per heavy atom. The van der Waals surface area contributed by atoms with Crippen molar-refractivity contribution in [3.63, 3.8) is 0 Å². The molecule has 5 rings (SSSR count). The number of anilines is 4. The molecule has 0 radical (unpaired) electrons. The topological polar surface area (TPSA) is 437 Å². The zero-order chi connectivity index (χ0) is 67.1. The first kappa shape index (κ1) is 73.1. The lowest BCUT2D eigenvalue weighted by Crippen LogP contribution is -2.44. The second kappa shape index (κ2) is 38.1. The number of carboxylic acid groups (broad SMARTS) is 1. The quantitative estimate of drug-likeness (QED) is 0.0246. The van der Waals surface area contributed by atoms with E-state index in [2.05, 4.69) is 42.5 Å². The molecule has 27 heteroatoms. The number of nitrogens with two attached hydrogens (primary N) is 5. The Bertz CT molecular complexity index is 3320. The van der Waals surface area contributed by atoms with E-state index < -0.39 is 83.4 Å². The number of carbonyl (C=O) groups excluding carboxylic acids is 8. The van der Waals surface area contributed by atoms with E-state index in [0.717, 1.165) is 0 Å². The lowest BCUT2D eigenvalue weighted by atomic mass is 10.0. The first-order valence-electron chi connectivity index (χ1n) is 30.3. The molecule has 19 N–H and O–H groups in total. The Kier molecular flexibility index (Phi) is 30.3. The maximum atomic E-state index is 14.3. The van der Waals surface area contributed by atoms with Gasteiger partial charge in [0.25, 0.3) is 23.6 Å². The average Bonchev–Trinajstić information content (AvgIpc) is 0.979. The highest BCUT2D eigenvalue weighted by Gasteiger charge is 2.30. The van der Waals surface area contributed by atoms with Gasteiger partial charge in [0, 0.05) is 29.2 Å². The van der Waals surface area contributed by atoms with Gasteiger partial charge in [-0.25, -0.2) is 4.79 Å². The standard InChI is InChI=1S/C65H87N13O14/c1-89-53-26-22-40(71-61(83)48(70)18-8-12-30-66)35-44(53)57(79)75-49(19-9-13-31-67)62(84)72-41-23-27-54(90-2)45(36-41)58(80)76-50(20-10-14-32-68)63(85)73-42-24-28-55(91-3)46(37-42)59(81)77-51(21-11-15-33-69)64(86)74-43-25-29-56(92-4)47(38-43)60(82)78-52(65(87)88)34-39-16-6-5-7-17-39/h5-7,16-17,22-29,35-38,48-52H,8-15,18-21,30-34,66-70H2,1-4H3,(H,71,83)(H,72,84)(H,73,85)(H,74,86)(H,75,79)(H,76,80)(H,77,81)(H,78,82)(H,87,88). The van der Waals surface area contributed by atoms with Gasteiger partial charge in [0.2, 0.25) is 23.6 Å². The van der Waals surface area contributed by atoms with Gasteiger partial charge in [0.05, 0.1) is 56.7 Å². The molecule has 27 nitrogen and oxygen atoms in total. The van der Waals surface area contributed by atoms with Gasteiger partial charge in [-0.15, -0.1) is 0 Å². The molecule has 92 heavy (non-hydrogen) atoms. The molecule has 0 bridgehead atoms. The molecule has 5 aromatic rings. The molecule has 0 aliphatic heterocycles. The van der Waals surface area contributed by atoms with Crippen molar-refractivity contribution in [2.75, 3.05) is 75.9 Å². The number of hydrogen-bond acceptors (Lipinski definition) is 18. The van der Waals surface area contributed by atoms with E-state index in [9.17, 15) is 48.3 Å². The minimum atomic E-state index is -1.30. The van der Waals surface area contributed by atoms with Crippen LogP contribution in [-0.4, -0.2) is 143 Å². The molecule has 0 saturated carbocycles. The van der Waals surface area contributed by atoms with Crippen molar-refractivity contribution in [3.8, 4) is 23.0 Å². The smallest absolute Gasteiger partial charge is 0.326 e. The monoisotopic (exact) mass is 1270 g/mol. The number of ether oxygens (including phenoxy) is 4. The molecule has 0 heterocycles. The summed E-state index contributed by atoms with van der Waals surface area (Å²) in [5.74, 6) is -6.27. The number of nitrogens with one attached hydrogen (secondary N) is 8. The lowest BCUT2D eigenvalue weighted by molar-refractivity contribution is -0.139. The van der Waals surface area contributed by atoms with Crippen LogP contribution in [-0.2, 0) is 30.4 Å². The molecule has 5 atom stereocenters. The van der Waals surface area contributed by atoms with E-state index in [1.165, 1.54) is 95.2 Å². The Hall–Kier alpha value is -9.67. The molecule has 0 spiro atoms. The molecule has 5 unspecified atom stereocenters. The number of hydrogen-bond donors (Lipinski definition) is 14. The van der Waals surface area contributed by atoms with E-state index in [-0.39, 0.29) is 93.7 Å². The molecule has 8 amide bonds. The summed E-state index contributed by atoms with van der Waals surface area (Å²) in [6.45, 7) is 1.38. The summed E-state index contributed by atoms with van der Waals surface area (Å²) in [4.78, 5) is 124. The summed E-state index contributed by atoms with van der Waals surface area (Å²) in [5.41, 5.74) is 30.2. The van der Waals surface area contributed by atoms with Crippen LogP contribution in [0.4, 0.5) is 22.7 Å². The highest BCUT2D eigenvalue weighted by Crippen LogP contribution is 2.29. The van der Waals surface area contributed by atoms with Crippen LogP contribution in [0.2, 0.25) is 0 Å². The average molecular weight is 1270 g/mol. The van der Waals surface area contributed by atoms with Crippen LogP contribution in [0.25, 0.3) is 0 Å². The Balaban J connectivity index is 1.33. The van der Waals surface area contributed by atoms with E-state index in [4.69, 9.17) is 47.6 Å². The van der Waals surface area contributed by atoms with Crippen molar-refractivity contribution >= 4 is 76.0 Å². The van der Waals surface area contributed by atoms with E-state index in [1.54, 1.807) is 36.4 Å². The highest BCUT2D eigenvalue weighted by molar-refractivity contribution is 6.08. The molecular formula is C65H87N13O14. The van der Waals surface area contributed by atoms with Gasteiger partial charge in [0.15, 0.2) is 0 Å². The number of carbonyl (C=O) groups is 9. The molecule has 0 aromatic heterocycles. The maximum absolute atomic E-state index is 14.3. The summed E-state index contributed by atoms with van der Waals surface area (Å²) < 4.78 is 22.0. The predicted molar refractivity (Wildman–Crippen MR) is 349 cm³/mol. The van der Waals surface area contributed by atoms with Gasteiger partial charge >= 0.3 is 5.97 Å². The first-order chi connectivity index (χ1) is 44.3. The third-order valence-electron chi connectivity index (χ3n) is 14.7. The number of methoxy groups -OCH3 is 4. The summed E-state index contributed by atoms with van der Waals surface area (Å²) in [6, 6.07) is 20.4. The van der Waals surface area contributed by atoms with Gasteiger partial charge < -0.3 is 95.3 Å². The Morgan fingerprint density at radius 2 is 0.663 bits per heavy atom. The number of aliphatic carboxylic acids is 1. The zero-order valence-corrected chi connectivity index (χ0v) is 52.4. The fraction of sp³-hybridized carbons (Fsp3) is 0.400. The van der Waals surface area contributed by atoms with Crippen molar-refractivity contribution in [2.24, 2.45) is 28.7 Å². The largest absolute Gasteiger partial charge is 0.496 e. The second-order valence-corrected chi connectivity index (χ2v) is 21.5. The van der Waals surface area contributed by atoms with Crippen molar-refractivity contribution < 1.29 is 67.2 Å². The van der Waals surface area contributed by atoms with Crippen molar-refractivity contribution in [1.82, 2.24) is 21.3 Å². The van der Waals surface area contributed by atoms with Gasteiger partial charge in [0.1, 0.15) is 47.2 Å². The summed E-state index contributed by atoms with van der Waals surface area (Å²) in [6.07, 6.45) is 4.97. The molecule has 0 fully saturated rings. The molecule has 0 saturated heterocycles. The van der Waals surface area contributed by atoms with E-state index in [1.807, 2.05) is 0 Å². The SMILES string of the molecule is COc1ccc(NC(=O)C(CCCCN)NC(=O)c2cc(NC(=O)C(CCCCN)NC(=O)c3cc(NC(=O)C(CCCCN)NC(=O)c4cc(NC(=O)C(N)CCCCN)ccc4OC)ccc3OC)ccc2OC)cc1C(=O)NC(Cc1ccccc1)C(=O)O. The molecule has 5 aromatic carbocycles. The van der Waals surface area contributed by atoms with Crippen LogP contribution >= 0.6 is 0 Å². The molecule has 496 valence electrons. The zero-order valence-electron chi connectivity index (χ0n) is 52.4. The molecule has 0 aliphatic rings. The number of carboxylic acids is 1. The summed E-state index contributed by atoms with van der Waals surface area (Å²) in [5, 5.41) is 31.9. The predicted octanol–water partition coefficient (Wildman–Crippen LogP) is 4.14. The van der Waals surface area contributed by atoms with Crippen LogP contribution in [0.3, 0.4) is 0 Å². The normalized spacial score (nSPS) is 12.5. The third kappa shape index (κ3) is 22.4. The van der Waals surface area contributed by atoms with Crippen LogP contribution in [0.1, 0.15) is 124 Å². The second-order valence-electron chi connectivity index (χ2n) is 21.5. The minimum absolute atomic E-state index is 0.00272. The highest BCUT2D eigenvalue weighted by atomic mass is 16.5. The fourth-order valence-corrected chi connectivity index (χ4v) is 9.69. The summed E-state index contributed by atoms with van der Waals surface area (Å²) in [7, 11) is 5.37. The molecular weight excluding hydrogens is 1190 g/mol. The number of unbranched alkanes of at least 4 members (excludes halogenated alkanes) is 4. The van der Waals surface area contributed by atoms with Crippen molar-refractivity contribution in [2.45, 2.75) is 114 Å². The van der Waals surface area contributed by atoms with Crippen LogP contribution in [0.15, 0.2) is 103 Å². The van der Waals surface area contributed by atoms with Crippen molar-refractivity contribution in [3.05, 3.63) is 131 Å². The van der Waals surface area contributed by atoms with Crippen LogP contribution in [0, 0.1) is 0 Å². The van der Waals surface area contributed by atoms with E-state index >= 15 is 0 Å². The van der Waals surface area contributed by atoms with Gasteiger partial charge in [-0.1, -0.05) is 36.8 Å². The summed E-state index contributed by atoms with van der Waals surface area (Å²) >= 11 is 0. The van der Waals surface area contributed by atoms with Crippen molar-refractivity contribution in [1.29, 1.82) is 0 Å². The lowest BCUT2D eigenvalue weighted by Gasteiger charge is -2.22. The number of benzene rings is 5. The third-order valence-corrected chi connectivity index (χ3v) is 14.7. The van der Waals surface area contributed by atoms with Crippen LogP contribution in [0.5, 0.6) is 23.0 Å². The van der Waals surface area contributed by atoms with Crippen LogP contribution < -0.4 is 90.2 Å². The minimum Gasteiger partial charge on any atom is -0.496 e. The molecule has 0 aliphatic carbocycles. The number of rotatable bonds is 39. The van der Waals surface area contributed by atoms with Gasteiger partial charge in [-0.2, -0.15) is 0 Å². The number of amides is 8. The van der Waals surface area contributed by atoms with Gasteiger partial charge in [-0.3, -0.25) is 38.4 Å². The fourth-order valence-electron chi connectivity index (χ4n) is 9.69. The maximum Gasteiger partial charge on any atom is 0.326 e. The van der Waals surface area contributed by atoms with E-state index in [0.29, 0.717) is 89.5 Å².